The van der Waals surface area contributed by atoms with E-state index in [9.17, 15) is 13.2 Å². The van der Waals surface area contributed by atoms with Gasteiger partial charge in [-0.2, -0.15) is 4.31 Å². The summed E-state index contributed by atoms with van der Waals surface area (Å²) in [6, 6.07) is 4.80. The third-order valence-electron chi connectivity index (χ3n) is 3.38. The standard InChI is InChI=1S/C16H22N2O5S/c1-5-6-11-23-13-7-9-14(10-8-13)24(21,22)18(4)15(12(2)3)16(19)17-20/h6-10,12,15,20H,1,11H2,2-4H3,(H,17,19). The van der Waals surface area contributed by atoms with Crippen LogP contribution in [0.3, 0.4) is 0 Å². The van der Waals surface area contributed by atoms with Crippen molar-refractivity contribution >= 4 is 15.9 Å². The number of ether oxygens (including phenoxy) is 1. The molecule has 1 unspecified atom stereocenters. The van der Waals surface area contributed by atoms with Crippen LogP contribution in [0.2, 0.25) is 0 Å². The number of hydrogen-bond acceptors (Lipinski definition) is 5. The lowest BCUT2D eigenvalue weighted by Gasteiger charge is -2.28. The molecule has 8 heteroatoms. The molecule has 0 saturated carbocycles. The topological polar surface area (TPSA) is 95.9 Å². The van der Waals surface area contributed by atoms with E-state index in [1.807, 2.05) is 0 Å². The predicted molar refractivity (Wildman–Crippen MR) is 89.2 cm³/mol. The van der Waals surface area contributed by atoms with Gasteiger partial charge in [0.1, 0.15) is 18.4 Å². The van der Waals surface area contributed by atoms with Gasteiger partial charge in [0.25, 0.3) is 5.91 Å². The zero-order valence-corrected chi connectivity index (χ0v) is 14.7. The van der Waals surface area contributed by atoms with Gasteiger partial charge in [0.15, 0.2) is 0 Å². The first-order valence-corrected chi connectivity index (χ1v) is 8.68. The van der Waals surface area contributed by atoms with Crippen LogP contribution in [0, 0.1) is 5.92 Å². The van der Waals surface area contributed by atoms with Crippen LogP contribution >= 0.6 is 0 Å². The average molecular weight is 354 g/mol. The second-order valence-electron chi connectivity index (χ2n) is 5.38. The first-order chi connectivity index (χ1) is 11.3. The SMILES string of the molecule is C=C=CCOc1ccc(S(=O)(=O)N(C)C(C(=O)NO)C(C)C)cc1. The van der Waals surface area contributed by atoms with Crippen molar-refractivity contribution in [2.75, 3.05) is 13.7 Å². The van der Waals surface area contributed by atoms with Crippen molar-refractivity contribution in [3.8, 4) is 5.75 Å². The van der Waals surface area contributed by atoms with Crippen molar-refractivity contribution in [3.05, 3.63) is 42.7 Å². The molecule has 0 spiro atoms. The molecule has 0 aliphatic carbocycles. The number of hydrogen-bond donors (Lipinski definition) is 2. The molecule has 0 aliphatic heterocycles. The highest BCUT2D eigenvalue weighted by Crippen LogP contribution is 2.22. The van der Waals surface area contributed by atoms with Crippen LogP contribution in [0.5, 0.6) is 5.75 Å². The van der Waals surface area contributed by atoms with Crippen LogP contribution in [0.25, 0.3) is 0 Å². The first kappa shape index (κ1) is 19.9. The van der Waals surface area contributed by atoms with E-state index >= 15 is 0 Å². The molecule has 1 rings (SSSR count). The van der Waals surface area contributed by atoms with Crippen molar-refractivity contribution in [1.82, 2.24) is 9.79 Å². The highest BCUT2D eigenvalue weighted by molar-refractivity contribution is 7.89. The lowest BCUT2D eigenvalue weighted by Crippen LogP contribution is -2.49. The second-order valence-corrected chi connectivity index (χ2v) is 7.37. The summed E-state index contributed by atoms with van der Waals surface area (Å²) in [4.78, 5) is 11.8. The maximum absolute atomic E-state index is 12.7. The smallest absolute Gasteiger partial charge is 0.262 e. The zero-order valence-electron chi connectivity index (χ0n) is 13.9. The molecule has 1 atom stereocenters. The fourth-order valence-electron chi connectivity index (χ4n) is 2.17. The zero-order chi connectivity index (χ0) is 18.3. The number of hydroxylamine groups is 1. The van der Waals surface area contributed by atoms with E-state index in [-0.39, 0.29) is 17.4 Å². The number of likely N-dealkylation sites (N-methyl/N-ethyl adjacent to an activating group) is 1. The minimum absolute atomic E-state index is 0.0213. The monoisotopic (exact) mass is 354 g/mol. The minimum atomic E-state index is -3.90. The molecule has 24 heavy (non-hydrogen) atoms. The van der Waals surface area contributed by atoms with E-state index in [0.717, 1.165) is 4.31 Å². The van der Waals surface area contributed by atoms with Crippen molar-refractivity contribution in [3.63, 3.8) is 0 Å². The van der Waals surface area contributed by atoms with Crippen LogP contribution in [-0.2, 0) is 14.8 Å². The Bertz CT molecular complexity index is 706. The van der Waals surface area contributed by atoms with Gasteiger partial charge in [-0.3, -0.25) is 10.0 Å². The molecule has 1 aromatic carbocycles. The molecule has 0 fully saturated rings. The van der Waals surface area contributed by atoms with Gasteiger partial charge in [0.2, 0.25) is 10.0 Å². The van der Waals surface area contributed by atoms with Crippen molar-refractivity contribution in [2.45, 2.75) is 24.8 Å². The lowest BCUT2D eigenvalue weighted by molar-refractivity contribution is -0.134. The van der Waals surface area contributed by atoms with E-state index in [0.29, 0.717) is 5.75 Å². The molecule has 0 aromatic heterocycles. The number of amides is 1. The Morgan fingerprint density at radius 3 is 2.46 bits per heavy atom. The molecule has 0 aliphatic rings. The molecular formula is C16H22N2O5S. The summed E-state index contributed by atoms with van der Waals surface area (Å²) in [6.45, 7) is 7.07. The number of rotatable bonds is 8. The van der Waals surface area contributed by atoms with Crippen molar-refractivity contribution < 1.29 is 23.2 Å². The Morgan fingerprint density at radius 2 is 2.00 bits per heavy atom. The Hall–Kier alpha value is -2.12. The van der Waals surface area contributed by atoms with E-state index in [4.69, 9.17) is 9.94 Å². The van der Waals surface area contributed by atoms with Gasteiger partial charge in [0, 0.05) is 7.05 Å². The summed E-state index contributed by atoms with van der Waals surface area (Å²) < 4.78 is 31.6. The van der Waals surface area contributed by atoms with Gasteiger partial charge in [-0.25, -0.2) is 13.9 Å². The largest absolute Gasteiger partial charge is 0.489 e. The van der Waals surface area contributed by atoms with E-state index in [2.05, 4.69) is 12.3 Å². The van der Waals surface area contributed by atoms with Gasteiger partial charge in [-0.1, -0.05) is 20.4 Å². The van der Waals surface area contributed by atoms with E-state index < -0.39 is 22.0 Å². The van der Waals surface area contributed by atoms with Crippen molar-refractivity contribution in [2.24, 2.45) is 5.92 Å². The van der Waals surface area contributed by atoms with Gasteiger partial charge in [-0.05, 0) is 36.3 Å². The van der Waals surface area contributed by atoms with Crippen LogP contribution in [0.15, 0.2) is 47.5 Å². The quantitative estimate of drug-likeness (QED) is 0.420. The van der Waals surface area contributed by atoms with Gasteiger partial charge < -0.3 is 4.74 Å². The van der Waals surface area contributed by atoms with Crippen LogP contribution in [-0.4, -0.2) is 43.5 Å². The molecule has 0 radical (unpaired) electrons. The number of nitrogens with zero attached hydrogens (tertiary/aromatic N) is 1. The molecule has 1 amide bonds. The van der Waals surface area contributed by atoms with Crippen LogP contribution in [0.4, 0.5) is 0 Å². The number of nitrogens with one attached hydrogen (secondary N) is 1. The van der Waals surface area contributed by atoms with Gasteiger partial charge >= 0.3 is 0 Å². The second kappa shape index (κ2) is 8.65. The maximum atomic E-state index is 12.7. The normalized spacial score (nSPS) is 12.6. The first-order valence-electron chi connectivity index (χ1n) is 7.24. The molecule has 132 valence electrons. The summed E-state index contributed by atoms with van der Waals surface area (Å²) in [5.74, 6) is -0.617. The maximum Gasteiger partial charge on any atom is 0.262 e. The Balaban J connectivity index is 3.05. The van der Waals surface area contributed by atoms with E-state index in [1.54, 1.807) is 19.9 Å². The van der Waals surface area contributed by atoms with Gasteiger partial charge in [-0.15, -0.1) is 5.73 Å². The van der Waals surface area contributed by atoms with Crippen LogP contribution < -0.4 is 10.2 Å². The molecule has 1 aromatic rings. The fourth-order valence-corrected chi connectivity index (χ4v) is 3.63. The number of sulfonamides is 1. The predicted octanol–water partition coefficient (Wildman–Crippen LogP) is 1.56. The third-order valence-corrected chi connectivity index (χ3v) is 5.23. The average Bonchev–Trinajstić information content (AvgIpc) is 2.55. The highest BCUT2D eigenvalue weighted by atomic mass is 32.2. The molecule has 0 saturated heterocycles. The van der Waals surface area contributed by atoms with Crippen LogP contribution in [0.1, 0.15) is 13.8 Å². The summed E-state index contributed by atoms with van der Waals surface area (Å²) in [5.41, 5.74) is 4.08. The number of benzene rings is 1. The third kappa shape index (κ3) is 4.69. The van der Waals surface area contributed by atoms with Crippen molar-refractivity contribution in [1.29, 1.82) is 0 Å². The molecule has 0 heterocycles. The highest BCUT2D eigenvalue weighted by Gasteiger charge is 2.34. The Labute approximate surface area is 142 Å². The Morgan fingerprint density at radius 1 is 1.42 bits per heavy atom. The molecule has 0 bridgehead atoms. The fraction of sp³-hybridized carbons (Fsp3) is 0.375. The summed E-state index contributed by atoms with van der Waals surface area (Å²) in [6.07, 6.45) is 1.60. The number of carbonyl (C=O) groups excluding carboxylic acids is 1. The molecule has 2 N–H and O–H groups in total. The number of carbonyl (C=O) groups is 1. The molecule has 7 nitrogen and oxygen atoms in total. The minimum Gasteiger partial charge on any atom is -0.489 e. The van der Waals surface area contributed by atoms with E-state index in [1.165, 1.54) is 36.8 Å². The Kier molecular flexibility index (Phi) is 7.18. The van der Waals surface area contributed by atoms with Gasteiger partial charge in [0.05, 0.1) is 4.90 Å². The lowest BCUT2D eigenvalue weighted by atomic mass is 10.0. The molecular weight excluding hydrogens is 332 g/mol. The summed E-state index contributed by atoms with van der Waals surface area (Å²) >= 11 is 0. The summed E-state index contributed by atoms with van der Waals surface area (Å²) in [7, 11) is -2.60. The summed E-state index contributed by atoms with van der Waals surface area (Å²) in [5, 5.41) is 8.83.